The van der Waals surface area contributed by atoms with E-state index in [4.69, 9.17) is 14.2 Å². The van der Waals surface area contributed by atoms with E-state index >= 15 is 0 Å². The molecule has 5 heteroatoms. The van der Waals surface area contributed by atoms with Gasteiger partial charge >= 0.3 is 0 Å². The Bertz CT molecular complexity index is 839. The highest BCUT2D eigenvalue weighted by atomic mass is 16.5. The van der Waals surface area contributed by atoms with Gasteiger partial charge in [0.15, 0.2) is 0 Å². The van der Waals surface area contributed by atoms with Gasteiger partial charge in [-0.1, -0.05) is 24.3 Å². The molecule has 3 rings (SSSR count). The van der Waals surface area contributed by atoms with Gasteiger partial charge in [-0.15, -0.1) is 0 Å². The van der Waals surface area contributed by atoms with Gasteiger partial charge in [0.25, 0.3) is 0 Å². The van der Waals surface area contributed by atoms with E-state index in [0.29, 0.717) is 39.5 Å². The molecule has 2 aromatic rings. The summed E-state index contributed by atoms with van der Waals surface area (Å²) in [6.45, 7) is 0. The number of ketones is 2. The van der Waals surface area contributed by atoms with E-state index < -0.39 is 11.6 Å². The Kier molecular flexibility index (Phi) is 4.08. The number of Topliss-reactive ketones (excluding diaryl/α,β-unsaturated/α-hetero) is 1. The summed E-state index contributed by atoms with van der Waals surface area (Å²) in [5.41, 5.74) is 2.24. The van der Waals surface area contributed by atoms with Crippen LogP contribution >= 0.6 is 0 Å². The van der Waals surface area contributed by atoms with Gasteiger partial charge in [-0.3, -0.25) is 9.59 Å². The van der Waals surface area contributed by atoms with Crippen LogP contribution in [0.25, 0.3) is 5.57 Å². The number of benzene rings is 2. The van der Waals surface area contributed by atoms with Gasteiger partial charge in [0, 0.05) is 23.3 Å². The van der Waals surface area contributed by atoms with Crippen molar-refractivity contribution in [3.8, 4) is 17.2 Å². The number of rotatable bonds is 4. The summed E-state index contributed by atoms with van der Waals surface area (Å²) in [7, 11) is 4.60. The molecule has 0 aliphatic heterocycles. The third-order valence-electron chi connectivity index (χ3n) is 3.95. The Balaban J connectivity index is 2.31. The molecule has 0 amide bonds. The minimum Gasteiger partial charge on any atom is -0.496 e. The maximum Gasteiger partial charge on any atom is 0.233 e. The highest BCUT2D eigenvalue weighted by Crippen LogP contribution is 2.43. The second-order valence-corrected chi connectivity index (χ2v) is 5.20. The van der Waals surface area contributed by atoms with Gasteiger partial charge in [-0.05, 0) is 11.6 Å². The van der Waals surface area contributed by atoms with Gasteiger partial charge in [0.2, 0.25) is 11.6 Å². The molecule has 1 aliphatic carbocycles. The maximum atomic E-state index is 12.1. The van der Waals surface area contributed by atoms with Gasteiger partial charge in [0.1, 0.15) is 17.2 Å². The van der Waals surface area contributed by atoms with E-state index in [9.17, 15) is 9.59 Å². The molecule has 0 heterocycles. The Morgan fingerprint density at radius 2 is 1.38 bits per heavy atom. The van der Waals surface area contributed by atoms with Crippen molar-refractivity contribution in [1.82, 2.24) is 0 Å². The first-order valence-corrected chi connectivity index (χ1v) is 7.30. The van der Waals surface area contributed by atoms with E-state index in [-0.39, 0.29) is 0 Å². The molecule has 0 saturated heterocycles. The number of fused-ring (bicyclic) bond motifs is 1. The van der Waals surface area contributed by atoms with Crippen molar-refractivity contribution < 1.29 is 23.8 Å². The van der Waals surface area contributed by atoms with E-state index in [1.807, 2.05) is 6.07 Å². The minimum absolute atomic E-state index is 0.375. The molecular weight excluding hydrogens is 308 g/mol. The van der Waals surface area contributed by atoms with Gasteiger partial charge in [-0.25, -0.2) is 0 Å². The lowest BCUT2D eigenvalue weighted by atomic mass is 9.85. The first-order chi connectivity index (χ1) is 11.6. The largest absolute Gasteiger partial charge is 0.496 e. The van der Waals surface area contributed by atoms with Crippen LogP contribution in [0.4, 0.5) is 0 Å². The van der Waals surface area contributed by atoms with Crippen LogP contribution in [0.15, 0.2) is 42.5 Å². The second-order valence-electron chi connectivity index (χ2n) is 5.20. The van der Waals surface area contributed by atoms with E-state index in [1.54, 1.807) is 37.4 Å². The van der Waals surface area contributed by atoms with Crippen molar-refractivity contribution in [1.29, 1.82) is 0 Å². The summed E-state index contributed by atoms with van der Waals surface area (Å²) in [4.78, 5) is 24.3. The molecule has 0 unspecified atom stereocenters. The van der Waals surface area contributed by atoms with Crippen molar-refractivity contribution in [2.45, 2.75) is 0 Å². The predicted octanol–water partition coefficient (Wildman–Crippen LogP) is 2.91. The minimum atomic E-state index is -0.566. The lowest BCUT2D eigenvalue weighted by Crippen LogP contribution is -2.19. The summed E-state index contributed by atoms with van der Waals surface area (Å²) in [6, 6.07) is 10.4. The molecule has 1 aliphatic rings. The van der Waals surface area contributed by atoms with Crippen LogP contribution in [0.3, 0.4) is 0 Å². The third-order valence-corrected chi connectivity index (χ3v) is 3.95. The van der Waals surface area contributed by atoms with Crippen LogP contribution in [0, 0.1) is 0 Å². The van der Waals surface area contributed by atoms with E-state index in [0.717, 1.165) is 0 Å². The number of carbonyl (C=O) groups is 2. The van der Waals surface area contributed by atoms with Crippen LogP contribution in [0.1, 0.15) is 21.5 Å². The molecule has 0 spiro atoms. The summed E-state index contributed by atoms with van der Waals surface area (Å²) in [6.07, 6.45) is 1.33. The third kappa shape index (κ3) is 2.44. The highest BCUT2D eigenvalue weighted by Gasteiger charge is 2.29. The van der Waals surface area contributed by atoms with Gasteiger partial charge < -0.3 is 14.2 Å². The average molecular weight is 324 g/mol. The summed E-state index contributed by atoms with van der Waals surface area (Å²) in [5.74, 6) is 0.479. The topological polar surface area (TPSA) is 61.8 Å². The van der Waals surface area contributed by atoms with Crippen LogP contribution in [0.5, 0.6) is 17.2 Å². The first-order valence-electron chi connectivity index (χ1n) is 7.30. The molecule has 0 atom stereocenters. The van der Waals surface area contributed by atoms with Crippen LogP contribution in [-0.4, -0.2) is 32.9 Å². The zero-order valence-corrected chi connectivity index (χ0v) is 13.6. The maximum absolute atomic E-state index is 12.1. The molecule has 2 aromatic carbocycles. The lowest BCUT2D eigenvalue weighted by molar-refractivity contribution is -0.111. The fraction of sp³-hybridized carbons (Fsp3) is 0.158. The monoisotopic (exact) mass is 324 g/mol. The number of ether oxygens (including phenoxy) is 3. The molecule has 0 aromatic heterocycles. The summed E-state index contributed by atoms with van der Waals surface area (Å²) >= 11 is 0. The Morgan fingerprint density at radius 1 is 0.792 bits per heavy atom. The second kappa shape index (κ2) is 6.20. The summed E-state index contributed by atoms with van der Waals surface area (Å²) in [5, 5.41) is 0. The number of hydrogen-bond donors (Lipinski definition) is 0. The number of carbonyl (C=O) groups excluding carboxylic acids is 2. The fourth-order valence-electron chi connectivity index (χ4n) is 2.80. The highest BCUT2D eigenvalue weighted by molar-refractivity contribution is 6.51. The normalized spacial score (nSPS) is 13.2. The van der Waals surface area contributed by atoms with Crippen LogP contribution in [-0.2, 0) is 4.79 Å². The zero-order chi connectivity index (χ0) is 17.3. The Morgan fingerprint density at radius 3 is 1.92 bits per heavy atom. The van der Waals surface area contributed by atoms with Gasteiger partial charge in [-0.2, -0.15) is 0 Å². The molecule has 122 valence electrons. The SMILES string of the molecule is COc1cc(OC)c(C2=CC(=O)C(=O)c3ccccc32)c(OC)c1. The molecule has 24 heavy (non-hydrogen) atoms. The van der Waals surface area contributed by atoms with Crippen molar-refractivity contribution >= 4 is 17.1 Å². The zero-order valence-electron chi connectivity index (χ0n) is 13.6. The lowest BCUT2D eigenvalue weighted by Gasteiger charge is -2.21. The standard InChI is InChI=1S/C19H16O5/c1-22-11-8-16(23-2)18(17(9-11)24-3)14-10-15(20)19(21)13-7-5-4-6-12(13)14/h4-10H,1-3H3. The molecule has 0 N–H and O–H groups in total. The van der Waals surface area contributed by atoms with Crippen LogP contribution in [0.2, 0.25) is 0 Å². The number of allylic oxidation sites excluding steroid dienone is 1. The quantitative estimate of drug-likeness (QED) is 0.809. The Labute approximate surface area is 139 Å². The molecule has 0 radical (unpaired) electrons. The van der Waals surface area contributed by atoms with E-state index in [1.165, 1.54) is 20.3 Å². The molecule has 0 fully saturated rings. The predicted molar refractivity (Wildman–Crippen MR) is 89.0 cm³/mol. The Hall–Kier alpha value is -3.08. The van der Waals surface area contributed by atoms with Crippen molar-refractivity contribution in [2.24, 2.45) is 0 Å². The first kappa shape index (κ1) is 15.8. The van der Waals surface area contributed by atoms with Crippen molar-refractivity contribution in [3.63, 3.8) is 0 Å². The van der Waals surface area contributed by atoms with Gasteiger partial charge in [0.05, 0.1) is 26.9 Å². The fourth-order valence-corrected chi connectivity index (χ4v) is 2.80. The summed E-state index contributed by atoms with van der Waals surface area (Å²) < 4.78 is 16.2. The molecule has 0 bridgehead atoms. The van der Waals surface area contributed by atoms with Crippen molar-refractivity contribution in [3.05, 3.63) is 59.2 Å². The smallest absolute Gasteiger partial charge is 0.233 e. The number of methoxy groups -OCH3 is 3. The molecular formula is C19H16O5. The average Bonchev–Trinajstić information content (AvgIpc) is 2.63. The van der Waals surface area contributed by atoms with Crippen molar-refractivity contribution in [2.75, 3.05) is 21.3 Å². The number of hydrogen-bond acceptors (Lipinski definition) is 5. The molecule has 0 saturated carbocycles. The van der Waals surface area contributed by atoms with Crippen LogP contribution < -0.4 is 14.2 Å². The molecule has 5 nitrogen and oxygen atoms in total. The van der Waals surface area contributed by atoms with E-state index in [2.05, 4.69) is 0 Å².